The molecule has 0 radical (unpaired) electrons. The highest BCUT2D eigenvalue weighted by Crippen LogP contribution is 2.15. The SMILES string of the molecule is Cc1c2c(cc3ccccc13)=CC(C)C=2. The summed E-state index contributed by atoms with van der Waals surface area (Å²) in [5.41, 5.74) is 1.42. The molecular weight excluding hydrogens is 180 g/mol. The zero-order valence-electron chi connectivity index (χ0n) is 9.12. The summed E-state index contributed by atoms with van der Waals surface area (Å²) in [6.07, 6.45) is 4.70. The van der Waals surface area contributed by atoms with Gasteiger partial charge in [-0.25, -0.2) is 0 Å². The van der Waals surface area contributed by atoms with Gasteiger partial charge in [0.1, 0.15) is 0 Å². The Morgan fingerprint density at radius 1 is 1.07 bits per heavy atom. The predicted octanol–water partition coefficient (Wildman–Crippen LogP) is 2.36. The van der Waals surface area contributed by atoms with Crippen LogP contribution < -0.4 is 10.4 Å². The van der Waals surface area contributed by atoms with E-state index in [2.05, 4.69) is 56.3 Å². The third kappa shape index (κ3) is 1.21. The molecular formula is C15H14. The maximum atomic E-state index is 2.36. The van der Waals surface area contributed by atoms with Gasteiger partial charge in [0, 0.05) is 0 Å². The minimum atomic E-state index is 0.579. The van der Waals surface area contributed by atoms with Crippen LogP contribution in [0.5, 0.6) is 0 Å². The molecule has 0 bridgehead atoms. The molecule has 1 unspecified atom stereocenters. The van der Waals surface area contributed by atoms with Gasteiger partial charge in [0.05, 0.1) is 0 Å². The van der Waals surface area contributed by atoms with Crippen molar-refractivity contribution in [1.29, 1.82) is 0 Å². The Kier molecular flexibility index (Phi) is 1.72. The molecule has 2 aromatic rings. The maximum absolute atomic E-state index is 2.36. The Bertz CT molecular complexity index is 648. The zero-order valence-corrected chi connectivity index (χ0v) is 9.12. The quantitative estimate of drug-likeness (QED) is 0.604. The molecule has 0 aliphatic heterocycles. The minimum Gasteiger partial charge on any atom is -0.0700 e. The van der Waals surface area contributed by atoms with Gasteiger partial charge in [-0.05, 0) is 45.7 Å². The fourth-order valence-corrected chi connectivity index (χ4v) is 2.52. The normalized spacial score (nSPS) is 18.4. The third-order valence-electron chi connectivity index (χ3n) is 3.26. The molecule has 74 valence electrons. The van der Waals surface area contributed by atoms with Crippen molar-refractivity contribution in [2.75, 3.05) is 0 Å². The van der Waals surface area contributed by atoms with Crippen molar-refractivity contribution in [3.8, 4) is 0 Å². The third-order valence-corrected chi connectivity index (χ3v) is 3.26. The van der Waals surface area contributed by atoms with Crippen molar-refractivity contribution in [2.24, 2.45) is 5.92 Å². The second-order valence-corrected chi connectivity index (χ2v) is 4.42. The molecule has 0 aromatic heterocycles. The number of fused-ring (bicyclic) bond motifs is 2. The van der Waals surface area contributed by atoms with Crippen LogP contribution in [0.2, 0.25) is 0 Å². The number of hydrogen-bond acceptors (Lipinski definition) is 0. The topological polar surface area (TPSA) is 0 Å². The number of aryl methyl sites for hydroxylation is 1. The summed E-state index contributed by atoms with van der Waals surface area (Å²) in [5, 5.41) is 5.57. The lowest BCUT2D eigenvalue weighted by molar-refractivity contribution is 1.07. The molecule has 0 nitrogen and oxygen atoms in total. The van der Waals surface area contributed by atoms with Crippen LogP contribution in [0.3, 0.4) is 0 Å². The van der Waals surface area contributed by atoms with Crippen LogP contribution in [0.25, 0.3) is 22.9 Å². The molecule has 15 heavy (non-hydrogen) atoms. The van der Waals surface area contributed by atoms with E-state index in [0.29, 0.717) is 5.92 Å². The molecule has 0 heteroatoms. The first-order valence-electron chi connectivity index (χ1n) is 5.48. The zero-order chi connectivity index (χ0) is 10.4. The fraction of sp³-hybridized carbons (Fsp3) is 0.200. The Morgan fingerprint density at radius 2 is 1.87 bits per heavy atom. The number of benzene rings is 2. The summed E-state index contributed by atoms with van der Waals surface area (Å²) in [6, 6.07) is 10.9. The highest BCUT2D eigenvalue weighted by molar-refractivity contribution is 5.86. The molecule has 0 N–H and O–H groups in total. The molecule has 1 aliphatic carbocycles. The summed E-state index contributed by atoms with van der Waals surface area (Å²) >= 11 is 0. The summed E-state index contributed by atoms with van der Waals surface area (Å²) in [4.78, 5) is 0. The largest absolute Gasteiger partial charge is 0.0700 e. The van der Waals surface area contributed by atoms with Crippen LogP contribution in [0.1, 0.15) is 12.5 Å². The van der Waals surface area contributed by atoms with Gasteiger partial charge in [0.15, 0.2) is 0 Å². The van der Waals surface area contributed by atoms with Gasteiger partial charge in [-0.1, -0.05) is 43.3 Å². The van der Waals surface area contributed by atoms with Crippen molar-refractivity contribution in [2.45, 2.75) is 13.8 Å². The maximum Gasteiger partial charge on any atom is -0.00634 e. The first-order valence-corrected chi connectivity index (χ1v) is 5.48. The van der Waals surface area contributed by atoms with E-state index < -0.39 is 0 Å². The molecule has 2 aromatic carbocycles. The van der Waals surface area contributed by atoms with E-state index in [9.17, 15) is 0 Å². The first-order chi connectivity index (χ1) is 7.25. The second-order valence-electron chi connectivity index (χ2n) is 4.42. The van der Waals surface area contributed by atoms with E-state index >= 15 is 0 Å². The Labute approximate surface area is 89.6 Å². The smallest absolute Gasteiger partial charge is 0.00634 e. The van der Waals surface area contributed by atoms with E-state index in [4.69, 9.17) is 0 Å². The molecule has 0 amide bonds. The van der Waals surface area contributed by atoms with Gasteiger partial charge in [-0.15, -0.1) is 0 Å². The molecule has 0 spiro atoms. The minimum absolute atomic E-state index is 0.579. The van der Waals surface area contributed by atoms with Crippen LogP contribution in [0.4, 0.5) is 0 Å². The van der Waals surface area contributed by atoms with Gasteiger partial charge in [0.2, 0.25) is 0 Å². The standard InChI is InChI=1S/C15H14/c1-10-7-13-9-12-5-3-4-6-14(12)11(2)15(13)8-10/h3-10H,1-2H3. The van der Waals surface area contributed by atoms with Gasteiger partial charge in [-0.2, -0.15) is 0 Å². The Hall–Kier alpha value is -1.56. The molecule has 0 fully saturated rings. The second kappa shape index (κ2) is 2.96. The van der Waals surface area contributed by atoms with Crippen molar-refractivity contribution in [3.63, 3.8) is 0 Å². The molecule has 1 atom stereocenters. The van der Waals surface area contributed by atoms with Crippen molar-refractivity contribution >= 4 is 22.9 Å². The molecule has 1 aliphatic rings. The van der Waals surface area contributed by atoms with E-state index in [0.717, 1.165) is 0 Å². The van der Waals surface area contributed by atoms with E-state index in [1.165, 1.54) is 26.8 Å². The Morgan fingerprint density at radius 3 is 2.73 bits per heavy atom. The van der Waals surface area contributed by atoms with Gasteiger partial charge in [-0.3, -0.25) is 0 Å². The van der Waals surface area contributed by atoms with Crippen LogP contribution in [-0.2, 0) is 0 Å². The summed E-state index contributed by atoms with van der Waals surface area (Å²) in [6.45, 7) is 4.47. The molecule has 0 saturated carbocycles. The van der Waals surface area contributed by atoms with Gasteiger partial charge in [0.25, 0.3) is 0 Å². The number of hydrogen-bond donors (Lipinski definition) is 0. The summed E-state index contributed by atoms with van der Waals surface area (Å²) in [7, 11) is 0. The molecule has 3 rings (SSSR count). The van der Waals surface area contributed by atoms with Crippen LogP contribution >= 0.6 is 0 Å². The average molecular weight is 194 g/mol. The van der Waals surface area contributed by atoms with Crippen molar-refractivity contribution < 1.29 is 0 Å². The van der Waals surface area contributed by atoms with Crippen LogP contribution in [0.15, 0.2) is 30.3 Å². The summed E-state index contributed by atoms with van der Waals surface area (Å²) in [5.74, 6) is 0.579. The van der Waals surface area contributed by atoms with E-state index in [1.807, 2.05) is 0 Å². The average Bonchev–Trinajstić information content (AvgIpc) is 2.59. The van der Waals surface area contributed by atoms with E-state index in [-0.39, 0.29) is 0 Å². The highest BCUT2D eigenvalue weighted by atomic mass is 14.1. The molecule has 0 heterocycles. The highest BCUT2D eigenvalue weighted by Gasteiger charge is 2.06. The monoisotopic (exact) mass is 194 g/mol. The van der Waals surface area contributed by atoms with Gasteiger partial charge >= 0.3 is 0 Å². The summed E-state index contributed by atoms with van der Waals surface area (Å²) < 4.78 is 0. The van der Waals surface area contributed by atoms with Crippen molar-refractivity contribution in [1.82, 2.24) is 0 Å². The lowest BCUT2D eigenvalue weighted by Crippen LogP contribution is -2.24. The molecule has 0 saturated heterocycles. The Balaban J connectivity index is 2.58. The van der Waals surface area contributed by atoms with Crippen molar-refractivity contribution in [3.05, 3.63) is 46.3 Å². The van der Waals surface area contributed by atoms with Crippen LogP contribution in [-0.4, -0.2) is 0 Å². The first kappa shape index (κ1) is 8.72. The van der Waals surface area contributed by atoms with Crippen LogP contribution in [0, 0.1) is 12.8 Å². The van der Waals surface area contributed by atoms with E-state index in [1.54, 1.807) is 0 Å². The predicted molar refractivity (Wildman–Crippen MR) is 66.0 cm³/mol. The van der Waals surface area contributed by atoms with Gasteiger partial charge < -0.3 is 0 Å². The lowest BCUT2D eigenvalue weighted by atomic mass is 10.0. The number of rotatable bonds is 0. The lowest BCUT2D eigenvalue weighted by Gasteiger charge is -2.02. The fourth-order valence-electron chi connectivity index (χ4n) is 2.52.